The Morgan fingerprint density at radius 2 is 0.804 bits per heavy atom. The van der Waals surface area contributed by atoms with Crippen molar-refractivity contribution in [2.75, 3.05) is 19.8 Å². The zero-order valence-corrected chi connectivity index (χ0v) is 37.7. The van der Waals surface area contributed by atoms with Crippen molar-refractivity contribution < 1.29 is 23.8 Å². The van der Waals surface area contributed by atoms with Crippen LogP contribution in [0, 0.1) is 0 Å². The van der Waals surface area contributed by atoms with Crippen molar-refractivity contribution in [1.29, 1.82) is 0 Å². The van der Waals surface area contributed by atoms with E-state index in [1.165, 1.54) is 161 Å². The van der Waals surface area contributed by atoms with Crippen molar-refractivity contribution in [1.82, 2.24) is 0 Å². The molecule has 0 aliphatic rings. The molecule has 0 heterocycles. The summed E-state index contributed by atoms with van der Waals surface area (Å²) in [6, 6.07) is 0. The van der Waals surface area contributed by atoms with E-state index in [0.717, 1.165) is 57.8 Å². The zero-order valence-electron chi connectivity index (χ0n) is 37.7. The van der Waals surface area contributed by atoms with Crippen molar-refractivity contribution in [2.24, 2.45) is 0 Å². The summed E-state index contributed by atoms with van der Waals surface area (Å²) in [6.07, 6.45) is 55.8. The lowest BCUT2D eigenvalue weighted by atomic mass is 10.0. The normalized spacial score (nSPS) is 12.4. The fourth-order valence-electron chi connectivity index (χ4n) is 7.05. The molecule has 0 amide bonds. The van der Waals surface area contributed by atoms with E-state index in [1.807, 2.05) is 0 Å². The van der Waals surface area contributed by atoms with Crippen LogP contribution in [0.1, 0.15) is 252 Å². The van der Waals surface area contributed by atoms with E-state index < -0.39 is 6.10 Å². The fraction of sp³-hybridized carbons (Fsp3) is 0.843. The highest BCUT2D eigenvalue weighted by atomic mass is 16.6. The molecular weight excluding hydrogens is 693 g/mol. The number of allylic oxidation sites excluding steroid dienone is 6. The quantitative estimate of drug-likeness (QED) is 0.0349. The molecule has 0 N–H and O–H groups in total. The minimum Gasteiger partial charge on any atom is -0.462 e. The number of hydrogen-bond donors (Lipinski definition) is 0. The highest BCUT2D eigenvalue weighted by Crippen LogP contribution is 2.15. The Labute approximate surface area is 349 Å². The van der Waals surface area contributed by atoms with Gasteiger partial charge in [-0.05, 0) is 51.4 Å². The van der Waals surface area contributed by atoms with Gasteiger partial charge in [0.15, 0.2) is 6.10 Å². The van der Waals surface area contributed by atoms with Gasteiger partial charge in [0.25, 0.3) is 0 Å². The third-order valence-corrected chi connectivity index (χ3v) is 10.7. The molecule has 328 valence electrons. The van der Waals surface area contributed by atoms with Gasteiger partial charge in [-0.3, -0.25) is 9.59 Å². The molecule has 0 aromatic carbocycles. The van der Waals surface area contributed by atoms with Crippen LogP contribution in [0.25, 0.3) is 0 Å². The molecule has 5 nitrogen and oxygen atoms in total. The van der Waals surface area contributed by atoms with Gasteiger partial charge in [-0.1, -0.05) is 224 Å². The van der Waals surface area contributed by atoms with Crippen LogP contribution in [-0.4, -0.2) is 37.9 Å². The maximum absolute atomic E-state index is 12.7. The van der Waals surface area contributed by atoms with Crippen molar-refractivity contribution in [2.45, 2.75) is 258 Å². The van der Waals surface area contributed by atoms with Crippen LogP contribution >= 0.6 is 0 Å². The first kappa shape index (κ1) is 54.1. The standard InChI is InChI=1S/C51H94O5/c1-4-7-10-13-16-19-21-23-24-25-26-27-29-31-34-37-40-43-46-54-47-49(56-51(53)45-42-39-36-32-18-15-12-9-6-3)48-55-50(52)44-41-38-35-33-30-28-22-20-17-14-11-8-5-2/h7,10,16,19,23-24,49H,4-6,8-9,11-15,17-18,20-22,25-48H2,1-3H3/b10-7-,19-16-,24-23-. The second-order valence-corrected chi connectivity index (χ2v) is 16.4. The first-order valence-corrected chi connectivity index (χ1v) is 24.5. The van der Waals surface area contributed by atoms with Gasteiger partial charge in [-0.2, -0.15) is 0 Å². The first-order valence-electron chi connectivity index (χ1n) is 24.5. The molecule has 0 aliphatic carbocycles. The summed E-state index contributed by atoms with van der Waals surface area (Å²) in [7, 11) is 0. The molecular formula is C51H94O5. The molecule has 0 aromatic rings. The average molecular weight is 787 g/mol. The number of carbonyl (C=O) groups excluding carboxylic acids is 2. The summed E-state index contributed by atoms with van der Waals surface area (Å²) >= 11 is 0. The number of esters is 2. The van der Waals surface area contributed by atoms with Crippen molar-refractivity contribution >= 4 is 11.9 Å². The van der Waals surface area contributed by atoms with Crippen LogP contribution in [0.3, 0.4) is 0 Å². The highest BCUT2D eigenvalue weighted by Gasteiger charge is 2.17. The van der Waals surface area contributed by atoms with Crippen LogP contribution in [0.4, 0.5) is 0 Å². The van der Waals surface area contributed by atoms with Crippen molar-refractivity contribution in [3.63, 3.8) is 0 Å². The predicted molar refractivity (Wildman–Crippen MR) is 242 cm³/mol. The van der Waals surface area contributed by atoms with Crippen LogP contribution < -0.4 is 0 Å². The number of carbonyl (C=O) groups is 2. The number of unbranched alkanes of at least 4 members (excludes halogenated alkanes) is 28. The molecule has 0 saturated carbocycles. The molecule has 0 aromatic heterocycles. The Hall–Kier alpha value is -1.88. The third-order valence-electron chi connectivity index (χ3n) is 10.7. The molecule has 0 fully saturated rings. The summed E-state index contributed by atoms with van der Waals surface area (Å²) in [6.45, 7) is 7.72. The molecule has 56 heavy (non-hydrogen) atoms. The van der Waals surface area contributed by atoms with E-state index in [1.54, 1.807) is 0 Å². The molecule has 0 rings (SSSR count). The smallest absolute Gasteiger partial charge is 0.306 e. The maximum atomic E-state index is 12.7. The van der Waals surface area contributed by atoms with Crippen LogP contribution in [0.2, 0.25) is 0 Å². The minimum absolute atomic E-state index is 0.0879. The van der Waals surface area contributed by atoms with Crippen LogP contribution in [0.5, 0.6) is 0 Å². The summed E-state index contributed by atoms with van der Waals surface area (Å²) in [5.41, 5.74) is 0. The molecule has 0 bridgehead atoms. The average Bonchev–Trinajstić information content (AvgIpc) is 3.20. The topological polar surface area (TPSA) is 61.8 Å². The van der Waals surface area contributed by atoms with E-state index in [2.05, 4.69) is 57.2 Å². The number of ether oxygens (including phenoxy) is 3. The first-order chi connectivity index (χ1) is 27.6. The summed E-state index contributed by atoms with van der Waals surface area (Å²) in [5.74, 6) is -0.392. The Bertz CT molecular complexity index is 893. The SMILES string of the molecule is CC/C=C\C/C=C\C/C=C\CCCCCCCCCCOCC(COC(=O)CCCCCCCCCCCCCCC)OC(=O)CCCCCCCCCCC. The lowest BCUT2D eigenvalue weighted by Gasteiger charge is -2.18. The minimum atomic E-state index is -0.532. The molecule has 5 heteroatoms. The summed E-state index contributed by atoms with van der Waals surface area (Å²) in [4.78, 5) is 25.2. The lowest BCUT2D eigenvalue weighted by Crippen LogP contribution is -2.30. The van der Waals surface area contributed by atoms with Crippen LogP contribution in [0.15, 0.2) is 36.5 Å². The van der Waals surface area contributed by atoms with Crippen molar-refractivity contribution in [3.8, 4) is 0 Å². The maximum Gasteiger partial charge on any atom is 0.306 e. The summed E-state index contributed by atoms with van der Waals surface area (Å²) < 4.78 is 17.3. The Morgan fingerprint density at radius 1 is 0.411 bits per heavy atom. The second kappa shape index (κ2) is 47.5. The van der Waals surface area contributed by atoms with Crippen LogP contribution in [-0.2, 0) is 23.8 Å². The van der Waals surface area contributed by atoms with E-state index in [0.29, 0.717) is 19.4 Å². The second-order valence-electron chi connectivity index (χ2n) is 16.4. The van der Waals surface area contributed by atoms with Gasteiger partial charge in [0.1, 0.15) is 6.61 Å². The van der Waals surface area contributed by atoms with Gasteiger partial charge in [0.05, 0.1) is 6.61 Å². The lowest BCUT2D eigenvalue weighted by molar-refractivity contribution is -0.163. The van der Waals surface area contributed by atoms with Gasteiger partial charge in [-0.15, -0.1) is 0 Å². The van der Waals surface area contributed by atoms with Crippen molar-refractivity contribution in [3.05, 3.63) is 36.5 Å². The number of rotatable bonds is 45. The molecule has 0 spiro atoms. The summed E-state index contributed by atoms with van der Waals surface area (Å²) in [5, 5.41) is 0. The number of hydrogen-bond acceptors (Lipinski definition) is 5. The predicted octanol–water partition coefficient (Wildman–Crippen LogP) is 16.2. The molecule has 1 unspecified atom stereocenters. The Kier molecular flexibility index (Phi) is 45.9. The molecule has 1 atom stereocenters. The molecule has 0 aliphatic heterocycles. The van der Waals surface area contributed by atoms with E-state index >= 15 is 0 Å². The van der Waals surface area contributed by atoms with E-state index in [4.69, 9.17) is 14.2 Å². The fourth-order valence-corrected chi connectivity index (χ4v) is 7.05. The molecule has 0 saturated heterocycles. The Morgan fingerprint density at radius 3 is 1.29 bits per heavy atom. The zero-order chi connectivity index (χ0) is 40.7. The van der Waals surface area contributed by atoms with E-state index in [9.17, 15) is 9.59 Å². The highest BCUT2D eigenvalue weighted by molar-refractivity contribution is 5.70. The van der Waals surface area contributed by atoms with Gasteiger partial charge < -0.3 is 14.2 Å². The Balaban J connectivity index is 4.17. The molecule has 0 radical (unpaired) electrons. The monoisotopic (exact) mass is 787 g/mol. The largest absolute Gasteiger partial charge is 0.462 e. The van der Waals surface area contributed by atoms with E-state index in [-0.39, 0.29) is 25.2 Å². The third kappa shape index (κ3) is 44.8. The van der Waals surface area contributed by atoms with Gasteiger partial charge >= 0.3 is 11.9 Å². The van der Waals surface area contributed by atoms with Gasteiger partial charge in [-0.25, -0.2) is 0 Å². The van der Waals surface area contributed by atoms with Gasteiger partial charge in [0.2, 0.25) is 0 Å². The van der Waals surface area contributed by atoms with Gasteiger partial charge in [0, 0.05) is 19.4 Å².